The molecule has 1 fully saturated rings. The summed E-state index contributed by atoms with van der Waals surface area (Å²) in [5.74, 6) is 1.24. The summed E-state index contributed by atoms with van der Waals surface area (Å²) in [7, 11) is 1.88. The minimum Gasteiger partial charge on any atom is -0.459 e. The van der Waals surface area contributed by atoms with Gasteiger partial charge >= 0.3 is 5.97 Å². The Balaban J connectivity index is 1.46. The minimum atomic E-state index is -0.649. The molecule has 1 aliphatic heterocycles. The van der Waals surface area contributed by atoms with Crippen LogP contribution in [0, 0.1) is 0 Å². The zero-order chi connectivity index (χ0) is 22.6. The zero-order valence-electron chi connectivity index (χ0n) is 17.5. The molecule has 32 heavy (non-hydrogen) atoms. The molecule has 4 rings (SSSR count). The van der Waals surface area contributed by atoms with Crippen molar-refractivity contribution in [2.24, 2.45) is 7.05 Å². The highest BCUT2D eigenvalue weighted by Gasteiger charge is 2.44. The zero-order valence-corrected chi connectivity index (χ0v) is 19.9. The van der Waals surface area contributed by atoms with E-state index in [0.29, 0.717) is 21.4 Å². The number of nitrogens with zero attached hydrogens (tertiary/aromatic N) is 3. The lowest BCUT2D eigenvalue weighted by Gasteiger charge is -2.30. The van der Waals surface area contributed by atoms with E-state index in [1.165, 1.54) is 0 Å². The Kier molecular flexibility index (Phi) is 7.40. The van der Waals surface area contributed by atoms with Gasteiger partial charge in [0.25, 0.3) is 0 Å². The third-order valence-electron chi connectivity index (χ3n) is 5.32. The van der Waals surface area contributed by atoms with Gasteiger partial charge in [0.2, 0.25) is 0 Å². The molecular formula is C23H23Cl2N3O3S. The highest BCUT2D eigenvalue weighted by molar-refractivity contribution is 8.00. The van der Waals surface area contributed by atoms with Gasteiger partial charge in [-0.15, -0.1) is 11.8 Å². The first-order valence-electron chi connectivity index (χ1n) is 10.3. The second kappa shape index (κ2) is 10.3. The summed E-state index contributed by atoms with van der Waals surface area (Å²) in [5, 5.41) is 5.26. The lowest BCUT2D eigenvalue weighted by atomic mass is 10.0. The molecule has 6 nitrogen and oxygen atoms in total. The topological polar surface area (TPSA) is 66.2 Å². The normalized spacial score (nSPS) is 20.4. The highest BCUT2D eigenvalue weighted by atomic mass is 35.5. The third kappa shape index (κ3) is 5.29. The molecule has 0 unspecified atom stereocenters. The molecule has 0 aliphatic carbocycles. The fourth-order valence-electron chi connectivity index (χ4n) is 3.70. The van der Waals surface area contributed by atoms with Crippen molar-refractivity contribution in [1.82, 2.24) is 14.8 Å². The molecule has 1 aliphatic rings. The molecule has 0 bridgehead atoms. The number of carbonyl (C=O) groups is 1. The van der Waals surface area contributed by atoms with Crippen LogP contribution in [0.15, 0.2) is 54.9 Å². The maximum atomic E-state index is 12.3. The van der Waals surface area contributed by atoms with E-state index in [9.17, 15) is 4.79 Å². The molecule has 0 saturated carbocycles. The summed E-state index contributed by atoms with van der Waals surface area (Å²) >= 11 is 14.4. The number of hydrogen-bond donors (Lipinski definition) is 0. The first-order chi connectivity index (χ1) is 15.5. The highest BCUT2D eigenvalue weighted by Crippen LogP contribution is 2.50. The van der Waals surface area contributed by atoms with Gasteiger partial charge in [-0.2, -0.15) is 5.10 Å². The number of halogens is 2. The van der Waals surface area contributed by atoms with E-state index in [1.807, 2.05) is 37.4 Å². The van der Waals surface area contributed by atoms with E-state index >= 15 is 0 Å². The largest absolute Gasteiger partial charge is 0.459 e. The van der Waals surface area contributed by atoms with E-state index < -0.39 is 4.93 Å². The summed E-state index contributed by atoms with van der Waals surface area (Å²) in [5.41, 5.74) is 1.40. The molecule has 1 saturated heterocycles. The Labute approximate surface area is 201 Å². The van der Waals surface area contributed by atoms with Gasteiger partial charge in [-0.1, -0.05) is 47.5 Å². The van der Waals surface area contributed by atoms with Gasteiger partial charge in [0.05, 0.1) is 5.56 Å². The van der Waals surface area contributed by atoms with Crippen molar-refractivity contribution in [3.05, 3.63) is 81.9 Å². The minimum absolute atomic E-state index is 0.178. The molecule has 0 N–H and O–H groups in total. The summed E-state index contributed by atoms with van der Waals surface area (Å²) in [6.45, 7) is 0.178. The molecule has 2 heterocycles. The molecule has 2 aromatic carbocycles. The van der Waals surface area contributed by atoms with E-state index in [-0.39, 0.29) is 18.7 Å². The Morgan fingerprint density at radius 1 is 1.28 bits per heavy atom. The van der Waals surface area contributed by atoms with Gasteiger partial charge in [0.1, 0.15) is 29.8 Å². The number of carbonyl (C=O) groups excluding carboxylic acids is 1. The maximum Gasteiger partial charge on any atom is 0.338 e. The lowest BCUT2D eigenvalue weighted by molar-refractivity contribution is -0.0469. The smallest absolute Gasteiger partial charge is 0.338 e. The van der Waals surface area contributed by atoms with E-state index in [2.05, 4.69) is 10.1 Å². The quantitative estimate of drug-likeness (QED) is 0.399. The van der Waals surface area contributed by atoms with Crippen LogP contribution in [0.1, 0.15) is 34.6 Å². The molecule has 0 radical (unpaired) electrons. The number of benzene rings is 2. The molecule has 2 atom stereocenters. The number of hydrogen-bond acceptors (Lipinski definition) is 6. The molecule has 168 valence electrons. The lowest BCUT2D eigenvalue weighted by Crippen LogP contribution is -2.28. The molecule has 9 heteroatoms. The molecule has 1 aromatic heterocycles. The van der Waals surface area contributed by atoms with E-state index in [4.69, 9.17) is 32.7 Å². The van der Waals surface area contributed by atoms with Gasteiger partial charge < -0.3 is 9.47 Å². The van der Waals surface area contributed by atoms with Gasteiger partial charge in [0.15, 0.2) is 0 Å². The Morgan fingerprint density at radius 3 is 2.81 bits per heavy atom. The van der Waals surface area contributed by atoms with Crippen LogP contribution in [0.3, 0.4) is 0 Å². The molecule has 0 amide bonds. The molecular weight excluding hydrogens is 469 g/mol. The molecule has 0 spiro atoms. The van der Waals surface area contributed by atoms with Crippen LogP contribution in [-0.4, -0.2) is 39.2 Å². The van der Waals surface area contributed by atoms with Crippen LogP contribution in [0.2, 0.25) is 10.0 Å². The van der Waals surface area contributed by atoms with Crippen LogP contribution >= 0.6 is 35.0 Å². The number of ether oxygens (including phenoxy) is 2. The van der Waals surface area contributed by atoms with Crippen molar-refractivity contribution in [2.75, 3.05) is 12.4 Å². The average Bonchev–Trinajstić information content (AvgIpc) is 3.39. The first kappa shape index (κ1) is 23.1. The fourth-order valence-corrected chi connectivity index (χ4v) is 5.77. The van der Waals surface area contributed by atoms with Crippen molar-refractivity contribution < 1.29 is 14.3 Å². The number of esters is 1. The van der Waals surface area contributed by atoms with Crippen LogP contribution in [-0.2, 0) is 27.9 Å². The van der Waals surface area contributed by atoms with Crippen molar-refractivity contribution in [3.8, 4) is 0 Å². The Bertz CT molecular complexity index is 1080. The second-order valence-electron chi connectivity index (χ2n) is 7.55. The predicted octanol–water partition coefficient (Wildman–Crippen LogP) is 5.29. The molecule has 3 aromatic rings. The van der Waals surface area contributed by atoms with E-state index in [0.717, 1.165) is 30.7 Å². The summed E-state index contributed by atoms with van der Waals surface area (Å²) in [6.07, 6.45) is 3.62. The number of aryl methyl sites for hydroxylation is 2. The predicted molar refractivity (Wildman–Crippen MR) is 126 cm³/mol. The van der Waals surface area contributed by atoms with Crippen molar-refractivity contribution in [3.63, 3.8) is 0 Å². The van der Waals surface area contributed by atoms with Gasteiger partial charge in [0, 0.05) is 34.8 Å². The Hall–Kier alpha value is -2.06. The number of rotatable bonds is 8. The Morgan fingerprint density at radius 2 is 2.09 bits per heavy atom. The maximum absolute atomic E-state index is 12.3. The van der Waals surface area contributed by atoms with Crippen molar-refractivity contribution in [2.45, 2.75) is 30.3 Å². The van der Waals surface area contributed by atoms with Crippen LogP contribution in [0.25, 0.3) is 0 Å². The summed E-state index contributed by atoms with van der Waals surface area (Å²) in [4.78, 5) is 16.0. The van der Waals surface area contributed by atoms with Crippen LogP contribution in [0.4, 0.5) is 0 Å². The van der Waals surface area contributed by atoms with Crippen LogP contribution < -0.4 is 0 Å². The van der Waals surface area contributed by atoms with Crippen LogP contribution in [0.5, 0.6) is 0 Å². The standard InChI is InChI=1S/C23H23Cl2N3O3S/c1-28-21(26-15-27-28)8-5-11-23(19-10-9-17(24)12-20(19)25)31-18(14-32-23)13-30-22(29)16-6-3-2-4-7-16/h2-4,6-7,9-10,12,15,18H,5,8,11,13-14H2,1H3/t18-,23+/m0/s1. The average molecular weight is 492 g/mol. The third-order valence-corrected chi connectivity index (χ3v) is 7.39. The van der Waals surface area contributed by atoms with E-state index in [1.54, 1.807) is 41.0 Å². The number of aromatic nitrogens is 3. The van der Waals surface area contributed by atoms with Gasteiger partial charge in [-0.25, -0.2) is 9.78 Å². The number of thioether (sulfide) groups is 1. The van der Waals surface area contributed by atoms with Gasteiger partial charge in [-0.3, -0.25) is 4.68 Å². The SMILES string of the molecule is Cn1ncnc1CCC[C@@]1(c2ccc(Cl)cc2Cl)O[C@@H](COC(=O)c2ccccc2)CS1. The first-order valence-corrected chi connectivity index (χ1v) is 12.0. The fraction of sp³-hybridized carbons (Fsp3) is 0.348. The summed E-state index contributed by atoms with van der Waals surface area (Å²) < 4.78 is 13.8. The monoisotopic (exact) mass is 491 g/mol. The summed E-state index contributed by atoms with van der Waals surface area (Å²) in [6, 6.07) is 14.4. The van der Waals surface area contributed by atoms with Crippen molar-refractivity contribution >= 4 is 40.9 Å². The van der Waals surface area contributed by atoms with Crippen molar-refractivity contribution in [1.29, 1.82) is 0 Å². The van der Waals surface area contributed by atoms with Gasteiger partial charge in [-0.05, 0) is 37.1 Å². The second-order valence-corrected chi connectivity index (χ2v) is 9.67.